The van der Waals surface area contributed by atoms with E-state index in [0.29, 0.717) is 17.6 Å². The van der Waals surface area contributed by atoms with Gasteiger partial charge in [0.2, 0.25) is 23.6 Å². The van der Waals surface area contributed by atoms with Crippen LogP contribution >= 0.6 is 0 Å². The predicted octanol–water partition coefficient (Wildman–Crippen LogP) is -1.000. The Morgan fingerprint density at radius 2 is 1.90 bits per heavy atom. The van der Waals surface area contributed by atoms with Gasteiger partial charge in [-0.2, -0.15) is 0 Å². The van der Waals surface area contributed by atoms with Gasteiger partial charge in [0.05, 0.1) is 12.6 Å². The molecule has 3 atom stereocenters. The van der Waals surface area contributed by atoms with Crippen molar-refractivity contribution in [1.82, 2.24) is 31.3 Å². The number of amides is 5. The Balaban J connectivity index is 1.90. The van der Waals surface area contributed by atoms with Crippen molar-refractivity contribution in [3.05, 3.63) is 53.2 Å². The number of halogens is 1. The van der Waals surface area contributed by atoms with E-state index in [0.717, 1.165) is 4.90 Å². The zero-order valence-electron chi connectivity index (χ0n) is 21.4. The minimum atomic E-state index is -1.37. The highest BCUT2D eigenvalue weighted by atomic mass is 19.1. The second kappa shape index (κ2) is 13.3. The molecule has 0 radical (unpaired) electrons. The van der Waals surface area contributed by atoms with Crippen LogP contribution in [-0.2, 0) is 30.4 Å². The van der Waals surface area contributed by atoms with Crippen molar-refractivity contribution in [3.8, 4) is 0 Å². The third-order valence-corrected chi connectivity index (χ3v) is 5.94. The maximum absolute atomic E-state index is 13.4. The summed E-state index contributed by atoms with van der Waals surface area (Å²) < 4.78 is 18.3. The third kappa shape index (κ3) is 8.45. The lowest BCUT2D eigenvalue weighted by atomic mass is 10.0. The highest BCUT2D eigenvalue weighted by molar-refractivity contribution is 5.98. The van der Waals surface area contributed by atoms with Gasteiger partial charge in [-0.1, -0.05) is 17.3 Å². The van der Waals surface area contributed by atoms with Crippen LogP contribution in [0.25, 0.3) is 0 Å². The van der Waals surface area contributed by atoms with Crippen LogP contribution in [0, 0.1) is 12.7 Å². The van der Waals surface area contributed by atoms with E-state index in [-0.39, 0.29) is 38.0 Å². The third-order valence-electron chi connectivity index (χ3n) is 5.94. The normalized spacial score (nSPS) is 21.6. The monoisotopic (exact) mass is 544 g/mol. The topological polar surface area (TPSA) is 180 Å². The lowest BCUT2D eigenvalue weighted by Gasteiger charge is -2.24. The summed E-state index contributed by atoms with van der Waals surface area (Å²) in [7, 11) is 1.39. The number of aldehydes is 1. The predicted molar refractivity (Wildman–Crippen MR) is 132 cm³/mol. The van der Waals surface area contributed by atoms with Crippen molar-refractivity contribution >= 4 is 35.8 Å². The van der Waals surface area contributed by atoms with Gasteiger partial charge in [0.1, 0.15) is 29.9 Å². The summed E-state index contributed by atoms with van der Waals surface area (Å²) in [5, 5.41) is 13.6. The van der Waals surface area contributed by atoms with Gasteiger partial charge in [0.25, 0.3) is 5.91 Å². The van der Waals surface area contributed by atoms with Gasteiger partial charge in [-0.3, -0.25) is 24.0 Å². The molecule has 1 aromatic carbocycles. The molecule has 0 spiro atoms. The molecule has 1 aliphatic rings. The molecular formula is C25H29FN6O7. The number of hydrogen-bond acceptors (Lipinski definition) is 8. The molecule has 4 N–H and O–H groups in total. The molecule has 5 amide bonds. The summed E-state index contributed by atoms with van der Waals surface area (Å²) in [5.41, 5.74) is 0.392. The van der Waals surface area contributed by atoms with Crippen LogP contribution in [0.1, 0.15) is 34.7 Å². The number of nitrogens with one attached hydrogen (secondary N) is 4. The van der Waals surface area contributed by atoms with Crippen LogP contribution < -0.4 is 21.3 Å². The van der Waals surface area contributed by atoms with Crippen molar-refractivity contribution in [2.45, 2.75) is 44.3 Å². The first-order chi connectivity index (χ1) is 18.5. The Bertz CT molecular complexity index is 1230. The quantitative estimate of drug-likeness (QED) is 0.346. The number of benzene rings is 1. The Hall–Kier alpha value is -4.62. The number of carbonyl (C=O) groups is 6. The maximum atomic E-state index is 13.4. The zero-order chi connectivity index (χ0) is 28.5. The summed E-state index contributed by atoms with van der Waals surface area (Å²) in [5.74, 6) is -3.51. The van der Waals surface area contributed by atoms with E-state index in [1.807, 2.05) is 0 Å². The highest BCUT2D eigenvalue weighted by Gasteiger charge is 2.30. The fraction of sp³-hybridized carbons (Fsp3) is 0.400. The fourth-order valence-corrected chi connectivity index (χ4v) is 3.76. The first-order valence-electron chi connectivity index (χ1n) is 12.1. The first kappa shape index (κ1) is 28.9. The number of carbonyl (C=O) groups excluding carboxylic acids is 6. The molecule has 3 rings (SSSR count). The van der Waals surface area contributed by atoms with Crippen molar-refractivity contribution < 1.29 is 37.7 Å². The molecule has 1 aliphatic heterocycles. The molecule has 1 fully saturated rings. The lowest BCUT2D eigenvalue weighted by molar-refractivity contribution is -0.135. The molecule has 1 saturated heterocycles. The lowest BCUT2D eigenvalue weighted by Crippen LogP contribution is -2.58. The SMILES string of the molecule is Cc1cc(C(=O)N[C@H]2CNC(=O)CN(C)C(=O)CC[C@@H](C=O)NC(=O)[C@H](Cc3ccc(F)cc3)NC2=O)no1. The van der Waals surface area contributed by atoms with Crippen molar-refractivity contribution in [1.29, 1.82) is 0 Å². The molecule has 0 bridgehead atoms. The summed E-state index contributed by atoms with van der Waals surface area (Å²) >= 11 is 0. The molecule has 2 heterocycles. The summed E-state index contributed by atoms with van der Waals surface area (Å²) in [4.78, 5) is 76.8. The molecule has 1 aromatic heterocycles. The highest BCUT2D eigenvalue weighted by Crippen LogP contribution is 2.09. The van der Waals surface area contributed by atoms with Crippen LogP contribution in [-0.4, -0.2) is 84.1 Å². The van der Waals surface area contributed by atoms with Gasteiger partial charge in [-0.15, -0.1) is 0 Å². The molecule has 0 unspecified atom stereocenters. The summed E-state index contributed by atoms with van der Waals surface area (Å²) in [6.45, 7) is 0.857. The van der Waals surface area contributed by atoms with Crippen molar-refractivity contribution in [2.24, 2.45) is 0 Å². The van der Waals surface area contributed by atoms with Crippen LogP contribution in [0.4, 0.5) is 4.39 Å². The molecular weight excluding hydrogens is 515 g/mol. The van der Waals surface area contributed by atoms with Crippen molar-refractivity contribution in [2.75, 3.05) is 20.1 Å². The second-order valence-corrected chi connectivity index (χ2v) is 9.08. The van der Waals surface area contributed by atoms with Crippen LogP contribution in [0.5, 0.6) is 0 Å². The molecule has 208 valence electrons. The van der Waals surface area contributed by atoms with Crippen LogP contribution in [0.15, 0.2) is 34.9 Å². The average molecular weight is 545 g/mol. The summed E-state index contributed by atoms with van der Waals surface area (Å²) in [6, 6.07) is 2.93. The van der Waals surface area contributed by atoms with E-state index in [4.69, 9.17) is 4.52 Å². The molecule has 13 nitrogen and oxygen atoms in total. The van der Waals surface area contributed by atoms with Crippen LogP contribution in [0.2, 0.25) is 0 Å². The van der Waals surface area contributed by atoms with Gasteiger partial charge in [-0.05, 0) is 31.0 Å². The number of hydrogen-bond donors (Lipinski definition) is 4. The zero-order valence-corrected chi connectivity index (χ0v) is 21.4. The van der Waals surface area contributed by atoms with Gasteiger partial charge in [-0.25, -0.2) is 4.39 Å². The number of rotatable bonds is 5. The van der Waals surface area contributed by atoms with Gasteiger partial charge in [0, 0.05) is 32.5 Å². The number of aryl methyl sites for hydroxylation is 1. The van der Waals surface area contributed by atoms with E-state index in [9.17, 15) is 33.2 Å². The number of aromatic nitrogens is 1. The Morgan fingerprint density at radius 1 is 1.18 bits per heavy atom. The molecule has 0 aliphatic carbocycles. The Kier molecular flexibility index (Phi) is 9.84. The number of nitrogens with zero attached hydrogens (tertiary/aromatic N) is 2. The maximum Gasteiger partial charge on any atom is 0.274 e. The Morgan fingerprint density at radius 3 is 2.54 bits per heavy atom. The van der Waals surface area contributed by atoms with E-state index < -0.39 is 53.5 Å². The van der Waals surface area contributed by atoms with Gasteiger partial charge >= 0.3 is 0 Å². The van der Waals surface area contributed by atoms with E-state index in [1.54, 1.807) is 6.92 Å². The molecule has 2 aromatic rings. The van der Waals surface area contributed by atoms with Gasteiger partial charge in [0.15, 0.2) is 5.69 Å². The standard InChI is InChI=1S/C25H29FN6O7/c1-14-9-19(31-39-14)24(37)30-20-11-27-21(34)12-32(2)22(35)8-7-17(13-33)28-23(36)18(29-25(20)38)10-15-3-5-16(26)6-4-15/h3-6,9,13,17-18,20H,7-8,10-12H2,1-2H3,(H,27,34)(H,28,36)(H,29,38)(H,30,37)/t17-,18-,20-/m0/s1. The minimum Gasteiger partial charge on any atom is -0.361 e. The van der Waals surface area contributed by atoms with Crippen LogP contribution in [0.3, 0.4) is 0 Å². The second-order valence-electron chi connectivity index (χ2n) is 9.08. The summed E-state index contributed by atoms with van der Waals surface area (Å²) in [6.07, 6.45) is 0.224. The largest absolute Gasteiger partial charge is 0.361 e. The average Bonchev–Trinajstić information content (AvgIpc) is 3.34. The number of likely N-dealkylation sites (N-methyl/N-ethyl adjacent to an activating group) is 1. The van der Waals surface area contributed by atoms with Gasteiger partial charge < -0.3 is 35.5 Å². The fourth-order valence-electron chi connectivity index (χ4n) is 3.76. The van der Waals surface area contributed by atoms with E-state index in [2.05, 4.69) is 26.4 Å². The smallest absolute Gasteiger partial charge is 0.274 e. The molecule has 0 saturated carbocycles. The first-order valence-corrected chi connectivity index (χ1v) is 12.1. The van der Waals surface area contributed by atoms with Crippen molar-refractivity contribution in [3.63, 3.8) is 0 Å². The Labute approximate surface area is 222 Å². The van der Waals surface area contributed by atoms with E-state index in [1.165, 1.54) is 37.4 Å². The molecule has 14 heteroatoms. The minimum absolute atomic E-state index is 0.0347. The van der Waals surface area contributed by atoms with E-state index >= 15 is 0 Å². The molecule has 39 heavy (non-hydrogen) atoms.